The van der Waals surface area contributed by atoms with Crippen molar-refractivity contribution in [1.82, 2.24) is 10.2 Å². The zero-order chi connectivity index (χ0) is 12.0. The summed E-state index contributed by atoms with van der Waals surface area (Å²) < 4.78 is 10.4. The van der Waals surface area contributed by atoms with E-state index in [1.807, 2.05) is 13.8 Å². The van der Waals surface area contributed by atoms with Crippen molar-refractivity contribution in [2.75, 3.05) is 32.9 Å². The van der Waals surface area contributed by atoms with Crippen LogP contribution in [0.5, 0.6) is 0 Å². The van der Waals surface area contributed by atoms with E-state index in [4.69, 9.17) is 9.47 Å². The van der Waals surface area contributed by atoms with Crippen molar-refractivity contribution >= 4 is 5.97 Å². The first kappa shape index (κ1) is 13.4. The van der Waals surface area contributed by atoms with Crippen LogP contribution in [0.2, 0.25) is 0 Å². The second kappa shape index (κ2) is 6.83. The molecule has 0 spiro atoms. The summed E-state index contributed by atoms with van der Waals surface area (Å²) in [4.78, 5) is 12.8. The zero-order valence-electron chi connectivity index (χ0n) is 10.4. The van der Waals surface area contributed by atoms with E-state index in [0.717, 1.165) is 32.9 Å². The lowest BCUT2D eigenvalue weighted by Crippen LogP contribution is -2.55. The lowest BCUT2D eigenvalue weighted by molar-refractivity contribution is -0.154. The highest BCUT2D eigenvalue weighted by atomic mass is 16.5. The van der Waals surface area contributed by atoms with Crippen LogP contribution >= 0.6 is 0 Å². The number of rotatable bonds is 7. The average molecular weight is 230 g/mol. The zero-order valence-corrected chi connectivity index (χ0v) is 10.4. The van der Waals surface area contributed by atoms with Gasteiger partial charge in [-0.25, -0.2) is 0 Å². The molecule has 0 saturated carbocycles. The van der Waals surface area contributed by atoms with Crippen LogP contribution in [-0.4, -0.2) is 56.0 Å². The largest absolute Gasteiger partial charge is 0.460 e. The summed E-state index contributed by atoms with van der Waals surface area (Å²) in [6.07, 6.45) is 0.380. The van der Waals surface area contributed by atoms with Gasteiger partial charge in [0.1, 0.15) is 6.10 Å². The van der Waals surface area contributed by atoms with Gasteiger partial charge in [-0.05, 0) is 13.8 Å². The number of likely N-dealkylation sites (tertiary alicyclic amines) is 1. The topological polar surface area (TPSA) is 50.8 Å². The third kappa shape index (κ3) is 5.44. The van der Waals surface area contributed by atoms with Crippen LogP contribution in [0.4, 0.5) is 0 Å². The van der Waals surface area contributed by atoms with Gasteiger partial charge in [0.05, 0.1) is 12.7 Å². The fraction of sp³-hybridized carbons (Fsp3) is 0.909. The molecule has 94 valence electrons. The smallest absolute Gasteiger partial charge is 0.302 e. The van der Waals surface area contributed by atoms with Crippen LogP contribution in [0.1, 0.15) is 20.8 Å². The van der Waals surface area contributed by atoms with Gasteiger partial charge in [-0.2, -0.15) is 0 Å². The molecule has 0 radical (unpaired) electrons. The highest BCUT2D eigenvalue weighted by molar-refractivity contribution is 5.66. The molecule has 0 amide bonds. The van der Waals surface area contributed by atoms with Crippen molar-refractivity contribution in [2.24, 2.45) is 0 Å². The molecular formula is C11H22N2O3. The number of carbonyl (C=O) groups excluding carboxylic acids is 1. The third-order valence-corrected chi connectivity index (χ3v) is 2.32. The van der Waals surface area contributed by atoms with Crippen LogP contribution in [0.15, 0.2) is 0 Å². The molecule has 1 saturated heterocycles. The molecule has 1 fully saturated rings. The molecule has 0 atom stereocenters. The van der Waals surface area contributed by atoms with Crippen LogP contribution in [0, 0.1) is 0 Å². The van der Waals surface area contributed by atoms with E-state index in [2.05, 4.69) is 10.2 Å². The van der Waals surface area contributed by atoms with Crippen molar-refractivity contribution in [3.63, 3.8) is 0 Å². The Labute approximate surface area is 97.1 Å². The Kier molecular flexibility index (Phi) is 5.73. The van der Waals surface area contributed by atoms with E-state index in [9.17, 15) is 4.79 Å². The summed E-state index contributed by atoms with van der Waals surface area (Å²) in [5.74, 6) is -0.192. The lowest BCUT2D eigenvalue weighted by Gasteiger charge is -2.38. The number of esters is 1. The molecule has 0 aliphatic carbocycles. The Hall–Kier alpha value is -0.650. The first-order valence-electron chi connectivity index (χ1n) is 5.80. The number of hydrogen-bond acceptors (Lipinski definition) is 5. The molecule has 0 unspecified atom stereocenters. The standard InChI is InChI=1S/C11H22N2O3/c1-9(2)15-5-4-12-8-13-6-11(7-13)16-10(3)14/h9,11-12H,4-8H2,1-3H3. The van der Waals surface area contributed by atoms with E-state index in [1.165, 1.54) is 6.92 Å². The number of ether oxygens (including phenoxy) is 2. The summed E-state index contributed by atoms with van der Waals surface area (Å²) >= 11 is 0. The number of hydrogen-bond donors (Lipinski definition) is 1. The monoisotopic (exact) mass is 230 g/mol. The summed E-state index contributed by atoms with van der Waals surface area (Å²) in [5, 5.41) is 3.28. The molecule has 1 aliphatic rings. The van der Waals surface area contributed by atoms with Crippen molar-refractivity contribution in [3.8, 4) is 0 Å². The molecule has 0 aromatic carbocycles. The maximum absolute atomic E-state index is 10.6. The quantitative estimate of drug-likeness (QED) is 0.500. The van der Waals surface area contributed by atoms with Crippen LogP contribution in [-0.2, 0) is 14.3 Å². The molecule has 0 bridgehead atoms. The Balaban J connectivity index is 1.88. The predicted molar refractivity (Wildman–Crippen MR) is 61.1 cm³/mol. The minimum absolute atomic E-state index is 0.0891. The fourth-order valence-electron chi connectivity index (χ4n) is 1.56. The van der Waals surface area contributed by atoms with Gasteiger partial charge >= 0.3 is 5.97 Å². The summed E-state index contributed by atoms with van der Waals surface area (Å²) in [7, 11) is 0. The highest BCUT2D eigenvalue weighted by Crippen LogP contribution is 2.09. The number of nitrogens with one attached hydrogen (secondary N) is 1. The first-order valence-corrected chi connectivity index (χ1v) is 5.80. The highest BCUT2D eigenvalue weighted by Gasteiger charge is 2.28. The third-order valence-electron chi connectivity index (χ3n) is 2.32. The van der Waals surface area contributed by atoms with Crippen molar-refractivity contribution in [2.45, 2.75) is 33.0 Å². The van der Waals surface area contributed by atoms with Gasteiger partial charge in [0, 0.05) is 33.2 Å². The maximum atomic E-state index is 10.6. The van der Waals surface area contributed by atoms with Gasteiger partial charge in [-0.1, -0.05) is 0 Å². The predicted octanol–water partition coefficient (Wildman–Crippen LogP) is 0.206. The van der Waals surface area contributed by atoms with Crippen molar-refractivity contribution in [3.05, 3.63) is 0 Å². The Bertz CT molecular complexity index is 215. The molecule has 0 aromatic rings. The van der Waals surface area contributed by atoms with Crippen LogP contribution in [0.25, 0.3) is 0 Å². The second-order valence-corrected chi connectivity index (χ2v) is 4.35. The lowest BCUT2D eigenvalue weighted by atomic mass is 10.2. The SMILES string of the molecule is CC(=O)OC1CN(CNCCOC(C)C)C1. The molecule has 1 rings (SSSR count). The van der Waals surface area contributed by atoms with Gasteiger partial charge in [0.15, 0.2) is 0 Å². The van der Waals surface area contributed by atoms with Gasteiger partial charge < -0.3 is 14.8 Å². The Morgan fingerprint density at radius 1 is 1.50 bits per heavy atom. The average Bonchev–Trinajstić information content (AvgIpc) is 2.11. The van der Waals surface area contributed by atoms with Crippen molar-refractivity contribution < 1.29 is 14.3 Å². The maximum Gasteiger partial charge on any atom is 0.302 e. The minimum atomic E-state index is -0.192. The first-order chi connectivity index (χ1) is 7.58. The minimum Gasteiger partial charge on any atom is -0.460 e. The fourth-order valence-corrected chi connectivity index (χ4v) is 1.56. The molecule has 5 nitrogen and oxygen atoms in total. The van der Waals surface area contributed by atoms with E-state index in [1.54, 1.807) is 0 Å². The van der Waals surface area contributed by atoms with Crippen molar-refractivity contribution in [1.29, 1.82) is 0 Å². The van der Waals surface area contributed by atoms with E-state index < -0.39 is 0 Å². The van der Waals surface area contributed by atoms with Gasteiger partial charge in [0.25, 0.3) is 0 Å². The molecule has 1 heterocycles. The number of nitrogens with zero attached hydrogens (tertiary/aromatic N) is 1. The summed E-state index contributed by atoms with van der Waals surface area (Å²) in [5.41, 5.74) is 0. The van der Waals surface area contributed by atoms with Crippen LogP contribution in [0.3, 0.4) is 0 Å². The molecular weight excluding hydrogens is 208 g/mol. The van der Waals surface area contributed by atoms with Gasteiger partial charge in [-0.3, -0.25) is 9.69 Å². The number of carbonyl (C=O) groups is 1. The molecule has 5 heteroatoms. The molecule has 1 aliphatic heterocycles. The second-order valence-electron chi connectivity index (χ2n) is 4.35. The van der Waals surface area contributed by atoms with E-state index in [0.29, 0.717) is 6.10 Å². The van der Waals surface area contributed by atoms with Gasteiger partial charge in [-0.15, -0.1) is 0 Å². The van der Waals surface area contributed by atoms with Crippen LogP contribution < -0.4 is 5.32 Å². The molecule has 0 aromatic heterocycles. The van der Waals surface area contributed by atoms with Gasteiger partial charge in [0.2, 0.25) is 0 Å². The normalized spacial score (nSPS) is 17.5. The Morgan fingerprint density at radius 3 is 2.75 bits per heavy atom. The summed E-state index contributed by atoms with van der Waals surface area (Å²) in [6, 6.07) is 0. The molecule has 1 N–H and O–H groups in total. The van der Waals surface area contributed by atoms with E-state index in [-0.39, 0.29) is 12.1 Å². The molecule has 16 heavy (non-hydrogen) atoms. The summed E-state index contributed by atoms with van der Waals surface area (Å²) in [6.45, 7) is 9.59. The Morgan fingerprint density at radius 2 is 2.19 bits per heavy atom. The van der Waals surface area contributed by atoms with E-state index >= 15 is 0 Å².